The average molecular weight is 434 g/mol. The number of aromatic nitrogens is 1. The van der Waals surface area contributed by atoms with Gasteiger partial charge in [0.1, 0.15) is 0 Å². The molecule has 1 aliphatic rings. The minimum atomic E-state index is -4.29. The fourth-order valence-electron chi connectivity index (χ4n) is 3.98. The molecule has 3 nitrogen and oxygen atoms in total. The van der Waals surface area contributed by atoms with Crippen LogP contribution >= 0.6 is 11.6 Å². The summed E-state index contributed by atoms with van der Waals surface area (Å²) in [6.45, 7) is 0.580. The average Bonchev–Trinajstić information content (AvgIpc) is 2.73. The van der Waals surface area contributed by atoms with Gasteiger partial charge in [0.15, 0.2) is 0 Å². The standard InChI is InChI=1S/C23H23ClF3N3/c24-17-5-10-20-21(11-12-28-22(20)13-17)30-19-8-6-18(7-9-19)29-14-15-1-3-16(4-2-15)23(25,26)27/h1-5,10-13,18-19,29H,6-9,14H2,(H,28,30). The Bertz CT molecular complexity index is 997. The summed E-state index contributed by atoms with van der Waals surface area (Å²) < 4.78 is 38.0. The lowest BCUT2D eigenvalue weighted by molar-refractivity contribution is -0.137. The number of halogens is 4. The number of hydrogen-bond acceptors (Lipinski definition) is 3. The Hall–Kier alpha value is -2.31. The van der Waals surface area contributed by atoms with Gasteiger partial charge in [-0.3, -0.25) is 4.98 Å². The molecule has 0 saturated heterocycles. The molecule has 2 N–H and O–H groups in total. The smallest absolute Gasteiger partial charge is 0.382 e. The van der Waals surface area contributed by atoms with Crippen LogP contribution in [-0.4, -0.2) is 17.1 Å². The lowest BCUT2D eigenvalue weighted by Crippen LogP contribution is -2.36. The van der Waals surface area contributed by atoms with Crippen LogP contribution in [0.2, 0.25) is 5.02 Å². The quantitative estimate of drug-likeness (QED) is 0.487. The van der Waals surface area contributed by atoms with Gasteiger partial charge in [0.05, 0.1) is 11.1 Å². The molecule has 4 rings (SSSR count). The number of nitrogens with zero attached hydrogens (tertiary/aromatic N) is 1. The lowest BCUT2D eigenvalue weighted by Gasteiger charge is -2.30. The summed E-state index contributed by atoms with van der Waals surface area (Å²) in [5, 5.41) is 8.86. The van der Waals surface area contributed by atoms with Crippen LogP contribution in [0.5, 0.6) is 0 Å². The van der Waals surface area contributed by atoms with Gasteiger partial charge in [-0.05, 0) is 67.6 Å². The fraction of sp³-hybridized carbons (Fsp3) is 0.348. The summed E-state index contributed by atoms with van der Waals surface area (Å²) in [6.07, 6.45) is 1.60. The molecule has 0 unspecified atom stereocenters. The topological polar surface area (TPSA) is 37.0 Å². The number of fused-ring (bicyclic) bond motifs is 1. The second kappa shape index (κ2) is 8.82. The van der Waals surface area contributed by atoms with Crippen molar-refractivity contribution in [3.63, 3.8) is 0 Å². The molecule has 0 spiro atoms. The molecule has 30 heavy (non-hydrogen) atoms. The van der Waals surface area contributed by atoms with E-state index in [9.17, 15) is 13.2 Å². The van der Waals surface area contributed by atoms with Crippen molar-refractivity contribution in [2.24, 2.45) is 0 Å². The third-order valence-corrected chi connectivity index (χ3v) is 5.90. The summed E-state index contributed by atoms with van der Waals surface area (Å²) in [7, 11) is 0. The first-order chi connectivity index (χ1) is 14.4. The van der Waals surface area contributed by atoms with E-state index in [0.717, 1.165) is 60.0 Å². The van der Waals surface area contributed by atoms with Crippen molar-refractivity contribution < 1.29 is 13.2 Å². The summed E-state index contributed by atoms with van der Waals surface area (Å²) in [5.74, 6) is 0. The number of pyridine rings is 1. The van der Waals surface area contributed by atoms with Crippen molar-refractivity contribution in [2.45, 2.75) is 50.5 Å². The van der Waals surface area contributed by atoms with Gasteiger partial charge >= 0.3 is 6.18 Å². The second-order valence-corrected chi connectivity index (χ2v) is 8.22. The molecule has 158 valence electrons. The van der Waals surface area contributed by atoms with Crippen molar-refractivity contribution in [2.75, 3.05) is 5.32 Å². The lowest BCUT2D eigenvalue weighted by atomic mass is 9.90. The van der Waals surface area contributed by atoms with Gasteiger partial charge in [-0.1, -0.05) is 23.7 Å². The summed E-state index contributed by atoms with van der Waals surface area (Å²) in [4.78, 5) is 4.38. The van der Waals surface area contributed by atoms with Gasteiger partial charge in [0, 0.05) is 40.9 Å². The Morgan fingerprint density at radius 1 is 0.933 bits per heavy atom. The zero-order valence-electron chi connectivity index (χ0n) is 16.3. The van der Waals surface area contributed by atoms with Gasteiger partial charge in [-0.2, -0.15) is 13.2 Å². The Labute approximate surface area is 178 Å². The van der Waals surface area contributed by atoms with Crippen molar-refractivity contribution in [3.8, 4) is 0 Å². The number of anilines is 1. The van der Waals surface area contributed by atoms with Crippen LogP contribution in [0.15, 0.2) is 54.7 Å². The first kappa shape index (κ1) is 20.9. The molecule has 0 atom stereocenters. The van der Waals surface area contributed by atoms with Crippen LogP contribution in [0, 0.1) is 0 Å². The minimum Gasteiger partial charge on any atom is -0.382 e. The van der Waals surface area contributed by atoms with Crippen molar-refractivity contribution >= 4 is 28.2 Å². The van der Waals surface area contributed by atoms with Gasteiger partial charge in [-0.15, -0.1) is 0 Å². The maximum atomic E-state index is 12.7. The molecule has 1 aliphatic carbocycles. The third-order valence-electron chi connectivity index (χ3n) is 5.67. The molecule has 7 heteroatoms. The van der Waals surface area contributed by atoms with E-state index in [0.29, 0.717) is 23.7 Å². The summed E-state index contributed by atoms with van der Waals surface area (Å²) in [6, 6.07) is 13.9. The van der Waals surface area contributed by atoms with Crippen LogP contribution in [-0.2, 0) is 12.7 Å². The number of benzene rings is 2. The highest BCUT2D eigenvalue weighted by Crippen LogP contribution is 2.30. The van der Waals surface area contributed by atoms with E-state index in [-0.39, 0.29) is 0 Å². The summed E-state index contributed by atoms with van der Waals surface area (Å²) in [5.41, 5.74) is 2.20. The first-order valence-corrected chi connectivity index (χ1v) is 10.5. The van der Waals surface area contributed by atoms with E-state index in [1.54, 1.807) is 18.3 Å². The highest BCUT2D eigenvalue weighted by atomic mass is 35.5. The Kier molecular flexibility index (Phi) is 6.16. The third kappa shape index (κ3) is 5.05. The monoisotopic (exact) mass is 433 g/mol. The van der Waals surface area contributed by atoms with Crippen LogP contribution in [0.4, 0.5) is 18.9 Å². The van der Waals surface area contributed by atoms with Gasteiger partial charge in [-0.25, -0.2) is 0 Å². The highest BCUT2D eigenvalue weighted by Gasteiger charge is 2.30. The molecule has 0 aliphatic heterocycles. The molecule has 2 aromatic carbocycles. The highest BCUT2D eigenvalue weighted by molar-refractivity contribution is 6.31. The maximum absolute atomic E-state index is 12.7. The van der Waals surface area contributed by atoms with E-state index in [4.69, 9.17) is 11.6 Å². The summed E-state index contributed by atoms with van der Waals surface area (Å²) >= 11 is 6.06. The molecular formula is C23H23ClF3N3. The van der Waals surface area contributed by atoms with E-state index < -0.39 is 11.7 Å². The molecular weight excluding hydrogens is 411 g/mol. The fourth-order valence-corrected chi connectivity index (χ4v) is 4.15. The second-order valence-electron chi connectivity index (χ2n) is 7.79. The van der Waals surface area contributed by atoms with Crippen LogP contribution in [0.3, 0.4) is 0 Å². The number of hydrogen-bond donors (Lipinski definition) is 2. The molecule has 0 amide bonds. The first-order valence-electron chi connectivity index (χ1n) is 10.1. The molecule has 3 aromatic rings. The zero-order valence-corrected chi connectivity index (χ0v) is 17.1. The van der Waals surface area contributed by atoms with Crippen LogP contribution < -0.4 is 10.6 Å². The van der Waals surface area contributed by atoms with Gasteiger partial charge in [0.25, 0.3) is 0 Å². The molecule has 1 saturated carbocycles. The van der Waals surface area contributed by atoms with E-state index >= 15 is 0 Å². The number of alkyl halides is 3. The maximum Gasteiger partial charge on any atom is 0.416 e. The van der Waals surface area contributed by atoms with Crippen molar-refractivity contribution in [3.05, 3.63) is 70.9 Å². The molecule has 1 heterocycles. The Morgan fingerprint density at radius 2 is 1.63 bits per heavy atom. The van der Waals surface area contributed by atoms with E-state index in [1.165, 1.54) is 0 Å². The zero-order chi connectivity index (χ0) is 21.1. The Balaban J connectivity index is 1.28. The predicted octanol–water partition coefficient (Wildman–Crippen LogP) is 6.42. The SMILES string of the molecule is FC(F)(F)c1ccc(CNC2CCC(Nc3ccnc4cc(Cl)ccc34)CC2)cc1. The number of rotatable bonds is 5. The minimum absolute atomic E-state index is 0.373. The van der Waals surface area contributed by atoms with Crippen molar-refractivity contribution in [1.29, 1.82) is 0 Å². The van der Waals surface area contributed by atoms with Crippen molar-refractivity contribution in [1.82, 2.24) is 10.3 Å². The van der Waals surface area contributed by atoms with Crippen LogP contribution in [0.1, 0.15) is 36.8 Å². The largest absolute Gasteiger partial charge is 0.416 e. The molecule has 1 fully saturated rings. The number of nitrogens with one attached hydrogen (secondary N) is 2. The Morgan fingerprint density at radius 3 is 2.33 bits per heavy atom. The normalized spacial score (nSPS) is 19.7. The van der Waals surface area contributed by atoms with Crippen LogP contribution in [0.25, 0.3) is 10.9 Å². The van der Waals surface area contributed by atoms with E-state index in [2.05, 4.69) is 15.6 Å². The molecule has 1 aromatic heterocycles. The van der Waals surface area contributed by atoms with Gasteiger partial charge in [0.2, 0.25) is 0 Å². The molecule has 0 radical (unpaired) electrons. The van der Waals surface area contributed by atoms with E-state index in [1.807, 2.05) is 24.3 Å². The molecule has 0 bridgehead atoms. The van der Waals surface area contributed by atoms with Gasteiger partial charge < -0.3 is 10.6 Å². The predicted molar refractivity (Wildman–Crippen MR) is 115 cm³/mol.